The third kappa shape index (κ3) is 7.89. The van der Waals surface area contributed by atoms with E-state index in [0.29, 0.717) is 11.6 Å². The third-order valence-electron chi connectivity index (χ3n) is 5.55. The minimum atomic E-state index is -4.65. The number of nitrogens with one attached hydrogen (secondary N) is 2. The summed E-state index contributed by atoms with van der Waals surface area (Å²) in [5.41, 5.74) is -0.0220. The predicted molar refractivity (Wildman–Crippen MR) is 131 cm³/mol. The van der Waals surface area contributed by atoms with Crippen LogP contribution in [0.5, 0.6) is 5.88 Å². The van der Waals surface area contributed by atoms with Gasteiger partial charge in [-0.3, -0.25) is 9.59 Å². The molecule has 0 saturated carbocycles. The first-order chi connectivity index (χ1) is 17.9. The summed E-state index contributed by atoms with van der Waals surface area (Å²) in [7, 11) is 0. The number of aromatic nitrogens is 2. The first-order valence-electron chi connectivity index (χ1n) is 11.6. The highest BCUT2D eigenvalue weighted by molar-refractivity contribution is 5.94. The Bertz CT molecular complexity index is 1250. The molecule has 1 amide bonds. The van der Waals surface area contributed by atoms with Crippen molar-refractivity contribution in [3.8, 4) is 17.1 Å². The number of alkyl halides is 3. The van der Waals surface area contributed by atoms with Crippen LogP contribution in [-0.2, 0) is 11.0 Å². The predicted octanol–water partition coefficient (Wildman–Crippen LogP) is 5.02. The minimum Gasteiger partial charge on any atom is -0.481 e. The molecule has 0 unspecified atom stereocenters. The lowest BCUT2D eigenvalue weighted by Gasteiger charge is -2.23. The number of carboxylic acid groups (broad SMARTS) is 1. The van der Waals surface area contributed by atoms with Crippen molar-refractivity contribution in [2.24, 2.45) is 5.92 Å². The first-order valence-corrected chi connectivity index (χ1v) is 11.6. The van der Waals surface area contributed by atoms with E-state index in [0.717, 1.165) is 17.8 Å². The molecule has 8 nitrogen and oxygen atoms in total. The third-order valence-corrected chi connectivity index (χ3v) is 5.55. The van der Waals surface area contributed by atoms with Crippen molar-refractivity contribution in [2.45, 2.75) is 32.5 Å². The SMILES string of the molecule is CC(C)[C@@H](COc1ccc(-c2ccc(C(F)(F)F)cc2F)nn1)Nc1ccc(C(=O)NCCC(=O)O)cc1. The Hall–Kier alpha value is -4.22. The van der Waals surface area contributed by atoms with Gasteiger partial charge >= 0.3 is 12.1 Å². The van der Waals surface area contributed by atoms with Crippen molar-refractivity contribution in [1.29, 1.82) is 0 Å². The van der Waals surface area contributed by atoms with Crippen LogP contribution in [0.2, 0.25) is 0 Å². The van der Waals surface area contributed by atoms with E-state index in [2.05, 4.69) is 20.8 Å². The molecule has 202 valence electrons. The van der Waals surface area contributed by atoms with E-state index in [1.165, 1.54) is 12.1 Å². The number of ether oxygens (including phenoxy) is 1. The smallest absolute Gasteiger partial charge is 0.416 e. The van der Waals surface area contributed by atoms with Crippen molar-refractivity contribution in [3.05, 3.63) is 71.5 Å². The summed E-state index contributed by atoms with van der Waals surface area (Å²) in [6, 6.07) is 11.6. The summed E-state index contributed by atoms with van der Waals surface area (Å²) in [6.07, 6.45) is -4.82. The molecule has 0 aliphatic carbocycles. The summed E-state index contributed by atoms with van der Waals surface area (Å²) >= 11 is 0. The summed E-state index contributed by atoms with van der Waals surface area (Å²) < 4.78 is 58.2. The van der Waals surface area contributed by atoms with Crippen LogP contribution in [0.1, 0.15) is 36.2 Å². The number of rotatable bonds is 11. The zero-order valence-corrected chi connectivity index (χ0v) is 20.6. The number of hydrogen-bond acceptors (Lipinski definition) is 6. The van der Waals surface area contributed by atoms with Crippen molar-refractivity contribution < 1.29 is 37.0 Å². The first kappa shape index (κ1) is 28.4. The Morgan fingerprint density at radius 2 is 1.74 bits per heavy atom. The number of hydrogen-bond donors (Lipinski definition) is 3. The Morgan fingerprint density at radius 3 is 2.29 bits per heavy atom. The minimum absolute atomic E-state index is 0.0318. The summed E-state index contributed by atoms with van der Waals surface area (Å²) in [6.45, 7) is 4.18. The molecule has 0 aliphatic rings. The van der Waals surface area contributed by atoms with E-state index < -0.39 is 23.5 Å². The molecule has 0 bridgehead atoms. The lowest BCUT2D eigenvalue weighted by Crippen LogP contribution is -2.32. The van der Waals surface area contributed by atoms with Gasteiger partial charge in [-0.2, -0.15) is 13.2 Å². The molecular formula is C26H26F4N4O4. The molecule has 0 saturated heterocycles. The lowest BCUT2D eigenvalue weighted by atomic mass is 10.0. The van der Waals surface area contributed by atoms with Gasteiger partial charge in [-0.05, 0) is 54.4 Å². The van der Waals surface area contributed by atoms with E-state index in [1.807, 2.05) is 13.8 Å². The molecule has 1 atom stereocenters. The van der Waals surface area contributed by atoms with Crippen molar-refractivity contribution in [2.75, 3.05) is 18.5 Å². The summed E-state index contributed by atoms with van der Waals surface area (Å²) in [5, 5.41) is 22.3. The van der Waals surface area contributed by atoms with Gasteiger partial charge < -0.3 is 20.5 Å². The molecule has 2 aromatic carbocycles. The standard InChI is InChI=1S/C26H26F4N4O4/c1-15(2)22(32-18-6-3-16(4-7-18)25(37)31-12-11-24(35)36)14-38-23-10-9-21(33-34-23)19-8-5-17(13-20(19)27)26(28,29)30/h3-10,13,15,22,32H,11-12,14H2,1-2H3,(H,31,37)(H,35,36)/t22-/m1/s1. The van der Waals surface area contributed by atoms with Gasteiger partial charge in [0.05, 0.1) is 23.7 Å². The molecule has 0 radical (unpaired) electrons. The maximum atomic E-state index is 14.2. The molecule has 3 aromatic rings. The molecule has 1 heterocycles. The van der Waals surface area contributed by atoms with Gasteiger partial charge in [-0.15, -0.1) is 10.2 Å². The fraction of sp³-hybridized carbons (Fsp3) is 0.308. The summed E-state index contributed by atoms with van der Waals surface area (Å²) in [4.78, 5) is 22.7. The molecule has 12 heteroatoms. The average molecular weight is 535 g/mol. The fourth-order valence-electron chi connectivity index (χ4n) is 3.33. The van der Waals surface area contributed by atoms with Crippen molar-refractivity contribution >= 4 is 17.6 Å². The lowest BCUT2D eigenvalue weighted by molar-refractivity contribution is -0.138. The number of carbonyl (C=O) groups excluding carboxylic acids is 1. The zero-order chi connectivity index (χ0) is 27.9. The molecule has 3 rings (SSSR count). The van der Waals surface area contributed by atoms with Crippen LogP contribution in [0.15, 0.2) is 54.6 Å². The van der Waals surface area contributed by atoms with Crippen LogP contribution in [0.25, 0.3) is 11.3 Å². The number of carbonyl (C=O) groups is 2. The van der Waals surface area contributed by atoms with Gasteiger partial charge in [0.2, 0.25) is 5.88 Å². The zero-order valence-electron chi connectivity index (χ0n) is 20.6. The second-order valence-corrected chi connectivity index (χ2v) is 8.73. The topological polar surface area (TPSA) is 113 Å². The highest BCUT2D eigenvalue weighted by Gasteiger charge is 2.31. The highest BCUT2D eigenvalue weighted by atomic mass is 19.4. The van der Waals surface area contributed by atoms with Crippen LogP contribution in [-0.4, -0.2) is 46.4 Å². The van der Waals surface area contributed by atoms with Gasteiger partial charge in [-0.25, -0.2) is 4.39 Å². The van der Waals surface area contributed by atoms with Gasteiger partial charge in [0, 0.05) is 29.4 Å². The molecule has 0 fully saturated rings. The van der Waals surface area contributed by atoms with Crippen molar-refractivity contribution in [3.63, 3.8) is 0 Å². The fourth-order valence-corrected chi connectivity index (χ4v) is 3.33. The van der Waals surface area contributed by atoms with Crippen LogP contribution in [0, 0.1) is 11.7 Å². The largest absolute Gasteiger partial charge is 0.481 e. The molecule has 38 heavy (non-hydrogen) atoms. The van der Waals surface area contributed by atoms with E-state index in [1.54, 1.807) is 24.3 Å². The van der Waals surface area contributed by atoms with Crippen LogP contribution in [0.3, 0.4) is 0 Å². The van der Waals surface area contributed by atoms with Crippen LogP contribution < -0.4 is 15.4 Å². The Kier molecular flexibility index (Phi) is 9.21. The van der Waals surface area contributed by atoms with Crippen molar-refractivity contribution in [1.82, 2.24) is 15.5 Å². The van der Waals surface area contributed by atoms with Gasteiger partial charge in [0.25, 0.3) is 5.91 Å². The number of benzene rings is 2. The van der Waals surface area contributed by atoms with Crippen LogP contribution >= 0.6 is 0 Å². The van der Waals surface area contributed by atoms with E-state index in [9.17, 15) is 27.2 Å². The van der Waals surface area contributed by atoms with Gasteiger partial charge in [0.15, 0.2) is 0 Å². The Labute approximate surface area is 216 Å². The highest BCUT2D eigenvalue weighted by Crippen LogP contribution is 2.32. The molecule has 0 spiro atoms. The van der Waals surface area contributed by atoms with Gasteiger partial charge in [0.1, 0.15) is 12.4 Å². The number of anilines is 1. The van der Waals surface area contributed by atoms with E-state index in [4.69, 9.17) is 9.84 Å². The molecule has 1 aromatic heterocycles. The number of carboxylic acids is 1. The van der Waals surface area contributed by atoms with Crippen LogP contribution in [0.4, 0.5) is 23.2 Å². The quantitative estimate of drug-likeness (QED) is 0.296. The Balaban J connectivity index is 1.58. The normalized spacial score (nSPS) is 12.2. The monoisotopic (exact) mass is 534 g/mol. The Morgan fingerprint density at radius 1 is 1.03 bits per heavy atom. The molecule has 0 aliphatic heterocycles. The number of aliphatic carboxylic acids is 1. The van der Waals surface area contributed by atoms with Gasteiger partial charge in [-0.1, -0.05) is 13.8 Å². The second kappa shape index (κ2) is 12.3. The number of halogens is 4. The molecular weight excluding hydrogens is 508 g/mol. The van der Waals surface area contributed by atoms with E-state index in [-0.39, 0.29) is 54.6 Å². The maximum Gasteiger partial charge on any atom is 0.416 e. The molecule has 3 N–H and O–H groups in total. The number of nitrogens with zero attached hydrogens (tertiary/aromatic N) is 2. The van der Waals surface area contributed by atoms with E-state index >= 15 is 0 Å². The summed E-state index contributed by atoms with van der Waals surface area (Å²) in [5.74, 6) is -2.15. The number of amides is 1. The second-order valence-electron chi connectivity index (χ2n) is 8.73. The maximum absolute atomic E-state index is 14.2. The average Bonchev–Trinajstić information content (AvgIpc) is 2.86.